The van der Waals surface area contributed by atoms with Crippen molar-refractivity contribution >= 4 is 63.0 Å². The molecule has 30 heavy (non-hydrogen) atoms. The molecule has 0 aliphatic heterocycles. The predicted octanol–water partition coefficient (Wildman–Crippen LogP) is 4.72. The molecule has 0 radical (unpaired) electrons. The van der Waals surface area contributed by atoms with Crippen LogP contribution in [0.3, 0.4) is 0 Å². The van der Waals surface area contributed by atoms with Crippen LogP contribution in [-0.2, 0) is 22.4 Å². The van der Waals surface area contributed by atoms with Gasteiger partial charge in [-0.05, 0) is 43.4 Å². The van der Waals surface area contributed by atoms with Gasteiger partial charge in [0.05, 0.1) is 12.7 Å². The summed E-state index contributed by atoms with van der Waals surface area (Å²) >= 11 is 19.7. The summed E-state index contributed by atoms with van der Waals surface area (Å²) in [5.74, 6) is -0.396. The van der Waals surface area contributed by atoms with E-state index in [9.17, 15) is 9.59 Å². The average Bonchev–Trinajstić information content (AvgIpc) is 3.09. The van der Waals surface area contributed by atoms with Crippen LogP contribution >= 0.6 is 46.1 Å². The normalized spacial score (nSPS) is 14.4. The maximum absolute atomic E-state index is 12.4. The molecular formula is C20H21Cl3N2O4S. The Morgan fingerprint density at radius 2 is 1.87 bits per heavy atom. The van der Waals surface area contributed by atoms with Crippen molar-refractivity contribution in [3.05, 3.63) is 46.3 Å². The van der Waals surface area contributed by atoms with Gasteiger partial charge in [0.25, 0.3) is 5.91 Å². The van der Waals surface area contributed by atoms with Gasteiger partial charge >= 0.3 is 5.97 Å². The Balaban J connectivity index is 1.76. The van der Waals surface area contributed by atoms with E-state index in [2.05, 4.69) is 10.6 Å². The lowest BCUT2D eigenvalue weighted by Gasteiger charge is -2.27. The van der Waals surface area contributed by atoms with Gasteiger partial charge in [-0.2, -0.15) is 0 Å². The van der Waals surface area contributed by atoms with E-state index in [1.54, 1.807) is 24.3 Å². The number of amides is 1. The zero-order chi connectivity index (χ0) is 21.7. The number of anilines is 1. The number of nitrogens with one attached hydrogen (secondary N) is 2. The van der Waals surface area contributed by atoms with E-state index >= 15 is 0 Å². The average molecular weight is 492 g/mol. The second-order valence-corrected chi connectivity index (χ2v) is 10.2. The van der Waals surface area contributed by atoms with Gasteiger partial charge in [0.2, 0.25) is 3.79 Å². The van der Waals surface area contributed by atoms with Crippen molar-refractivity contribution in [2.24, 2.45) is 0 Å². The van der Waals surface area contributed by atoms with E-state index in [-0.39, 0.29) is 6.61 Å². The number of hydrogen-bond acceptors (Lipinski definition) is 6. The molecule has 0 bridgehead atoms. The molecule has 1 atom stereocenters. The molecule has 1 aromatic carbocycles. The van der Waals surface area contributed by atoms with Crippen LogP contribution in [0.5, 0.6) is 5.75 Å². The number of methoxy groups -OCH3 is 1. The zero-order valence-electron chi connectivity index (χ0n) is 16.2. The number of esters is 1. The van der Waals surface area contributed by atoms with Crippen LogP contribution in [0.4, 0.5) is 5.00 Å². The topological polar surface area (TPSA) is 76.7 Å². The SMILES string of the molecule is COC(=O)c1c(N[C@H](NC(=O)COc2ccccc2)C(Cl)(Cl)Cl)sc2c1CCCC2. The molecule has 0 fully saturated rings. The van der Waals surface area contributed by atoms with E-state index in [0.29, 0.717) is 16.3 Å². The summed E-state index contributed by atoms with van der Waals surface area (Å²) in [4.78, 5) is 25.9. The minimum atomic E-state index is -1.87. The zero-order valence-corrected chi connectivity index (χ0v) is 19.3. The number of rotatable bonds is 7. The summed E-state index contributed by atoms with van der Waals surface area (Å²) < 4.78 is 8.52. The number of ether oxygens (including phenoxy) is 2. The number of hydrogen-bond donors (Lipinski definition) is 2. The fourth-order valence-electron chi connectivity index (χ4n) is 3.18. The lowest BCUT2D eigenvalue weighted by molar-refractivity contribution is -0.123. The Morgan fingerprint density at radius 1 is 1.17 bits per heavy atom. The van der Waals surface area contributed by atoms with Gasteiger partial charge in [-0.1, -0.05) is 53.0 Å². The summed E-state index contributed by atoms with van der Waals surface area (Å²) in [6, 6.07) is 8.90. The van der Waals surface area contributed by atoms with Crippen molar-refractivity contribution in [3.63, 3.8) is 0 Å². The molecule has 1 amide bonds. The van der Waals surface area contributed by atoms with E-state index in [0.717, 1.165) is 36.1 Å². The Bertz CT molecular complexity index is 899. The molecular weight excluding hydrogens is 471 g/mol. The number of fused-ring (bicyclic) bond motifs is 1. The van der Waals surface area contributed by atoms with Crippen LogP contribution in [-0.4, -0.2) is 35.6 Å². The van der Waals surface area contributed by atoms with Crippen LogP contribution < -0.4 is 15.4 Å². The third-order valence-corrected chi connectivity index (χ3v) is 6.46. The maximum Gasteiger partial charge on any atom is 0.341 e. The van der Waals surface area contributed by atoms with E-state index in [1.807, 2.05) is 6.07 Å². The first-order chi connectivity index (χ1) is 14.3. The van der Waals surface area contributed by atoms with Crippen LogP contribution in [0, 0.1) is 0 Å². The van der Waals surface area contributed by atoms with Crippen molar-refractivity contribution < 1.29 is 19.1 Å². The predicted molar refractivity (Wildman–Crippen MR) is 120 cm³/mol. The Morgan fingerprint density at radius 3 is 2.53 bits per heavy atom. The first-order valence-corrected chi connectivity index (χ1v) is 11.3. The summed E-state index contributed by atoms with van der Waals surface area (Å²) in [6.45, 7) is -0.256. The van der Waals surface area contributed by atoms with Crippen molar-refractivity contribution in [2.75, 3.05) is 19.0 Å². The highest BCUT2D eigenvalue weighted by Crippen LogP contribution is 2.40. The fourth-order valence-corrected chi connectivity index (χ4v) is 4.82. The van der Waals surface area contributed by atoms with Gasteiger partial charge in [0, 0.05) is 4.88 Å². The highest BCUT2D eigenvalue weighted by Gasteiger charge is 2.36. The molecule has 0 unspecified atom stereocenters. The molecule has 1 aliphatic carbocycles. The summed E-state index contributed by atoms with van der Waals surface area (Å²) in [5, 5.41) is 6.16. The van der Waals surface area contributed by atoms with Gasteiger partial charge < -0.3 is 20.1 Å². The standard InChI is InChI=1S/C20H21Cl3N2O4S/c1-28-18(27)16-13-9-5-6-10-14(13)30-17(16)25-19(20(21,22)23)24-15(26)11-29-12-7-3-2-4-8-12/h2-4,7-8,19,25H,5-6,9-11H2,1H3,(H,24,26)/t19-/m0/s1. The molecule has 0 saturated heterocycles. The molecule has 162 valence electrons. The summed E-state index contributed by atoms with van der Waals surface area (Å²) in [6.07, 6.45) is 2.62. The van der Waals surface area contributed by atoms with E-state index in [4.69, 9.17) is 44.3 Å². The van der Waals surface area contributed by atoms with Crippen LogP contribution in [0.15, 0.2) is 30.3 Å². The van der Waals surface area contributed by atoms with Gasteiger partial charge in [0.1, 0.15) is 16.9 Å². The van der Waals surface area contributed by atoms with Gasteiger partial charge in [-0.3, -0.25) is 4.79 Å². The number of benzene rings is 1. The van der Waals surface area contributed by atoms with Crippen molar-refractivity contribution in [2.45, 2.75) is 35.6 Å². The molecule has 10 heteroatoms. The largest absolute Gasteiger partial charge is 0.484 e. The number of para-hydroxylation sites is 1. The van der Waals surface area contributed by atoms with Gasteiger partial charge in [-0.15, -0.1) is 11.3 Å². The van der Waals surface area contributed by atoms with Crippen LogP contribution in [0.1, 0.15) is 33.6 Å². The first kappa shape index (κ1) is 23.0. The number of carbonyl (C=O) groups excluding carboxylic acids is 2. The van der Waals surface area contributed by atoms with Crippen LogP contribution in [0.25, 0.3) is 0 Å². The number of thiophene rings is 1. The third-order valence-electron chi connectivity index (χ3n) is 4.58. The third kappa shape index (κ3) is 5.72. The minimum absolute atomic E-state index is 0.256. The molecule has 0 saturated carbocycles. The Hall–Kier alpha value is -1.67. The highest BCUT2D eigenvalue weighted by molar-refractivity contribution is 7.16. The van der Waals surface area contributed by atoms with Crippen molar-refractivity contribution in [3.8, 4) is 5.75 Å². The van der Waals surface area contributed by atoms with Crippen LogP contribution in [0.2, 0.25) is 0 Å². The van der Waals surface area contributed by atoms with Gasteiger partial charge in [-0.25, -0.2) is 4.79 Å². The highest BCUT2D eigenvalue weighted by atomic mass is 35.6. The molecule has 2 aromatic rings. The van der Waals surface area contributed by atoms with Crippen molar-refractivity contribution in [1.82, 2.24) is 5.32 Å². The minimum Gasteiger partial charge on any atom is -0.484 e. The molecule has 6 nitrogen and oxygen atoms in total. The Kier molecular flexibility index (Phi) is 7.74. The smallest absolute Gasteiger partial charge is 0.341 e. The summed E-state index contributed by atoms with van der Waals surface area (Å²) in [7, 11) is 1.33. The molecule has 0 spiro atoms. The number of aryl methyl sites for hydroxylation is 1. The lowest BCUT2D eigenvalue weighted by atomic mass is 9.95. The van der Waals surface area contributed by atoms with Gasteiger partial charge in [0.15, 0.2) is 6.61 Å². The monoisotopic (exact) mass is 490 g/mol. The second-order valence-electron chi connectivity index (χ2n) is 6.69. The fraction of sp³-hybridized carbons (Fsp3) is 0.400. The molecule has 3 rings (SSSR count). The Labute approximate surface area is 193 Å². The maximum atomic E-state index is 12.4. The summed E-state index contributed by atoms with van der Waals surface area (Å²) in [5.41, 5.74) is 1.40. The van der Waals surface area contributed by atoms with E-state index < -0.39 is 21.8 Å². The molecule has 1 aliphatic rings. The number of alkyl halides is 3. The quantitative estimate of drug-likeness (QED) is 0.333. The number of carbonyl (C=O) groups is 2. The molecule has 1 aromatic heterocycles. The molecule has 2 N–H and O–H groups in total. The van der Waals surface area contributed by atoms with E-state index in [1.165, 1.54) is 18.4 Å². The van der Waals surface area contributed by atoms with Crippen molar-refractivity contribution in [1.29, 1.82) is 0 Å². The first-order valence-electron chi connectivity index (χ1n) is 9.33. The molecule has 1 heterocycles. The number of halogens is 3. The lowest BCUT2D eigenvalue weighted by Crippen LogP contribution is -2.50. The second kappa shape index (κ2) is 10.1.